The van der Waals surface area contributed by atoms with Crippen LogP contribution in [0.15, 0.2) is 27.6 Å². The van der Waals surface area contributed by atoms with Crippen molar-refractivity contribution in [1.29, 1.82) is 0 Å². The van der Waals surface area contributed by atoms with Crippen LogP contribution in [-0.4, -0.2) is 34.1 Å². The summed E-state index contributed by atoms with van der Waals surface area (Å²) in [5, 5.41) is 7.54. The number of nitrogens with one attached hydrogen (secondary N) is 1. The van der Waals surface area contributed by atoms with Crippen LogP contribution in [0, 0.1) is 0 Å². The highest BCUT2D eigenvalue weighted by Gasteiger charge is 2.16. The SMILES string of the molecule is COCC(N)C(=O)Nc1ccc(S(N)(=O)=O)cc1Br. The molecular formula is C10H14BrN3O4S. The Bertz CT molecular complexity index is 576. The Kier molecular flexibility index (Phi) is 5.44. The van der Waals surface area contributed by atoms with E-state index >= 15 is 0 Å². The van der Waals surface area contributed by atoms with Gasteiger partial charge in [-0.05, 0) is 34.1 Å². The maximum Gasteiger partial charge on any atom is 0.243 e. The highest BCUT2D eigenvalue weighted by Crippen LogP contribution is 2.25. The molecule has 0 saturated heterocycles. The highest BCUT2D eigenvalue weighted by atomic mass is 79.9. The summed E-state index contributed by atoms with van der Waals surface area (Å²) in [6.07, 6.45) is 0. The van der Waals surface area contributed by atoms with Gasteiger partial charge in [0.2, 0.25) is 15.9 Å². The highest BCUT2D eigenvalue weighted by molar-refractivity contribution is 9.10. The minimum absolute atomic E-state index is 0.0569. The summed E-state index contributed by atoms with van der Waals surface area (Å²) >= 11 is 3.15. The molecule has 1 aromatic rings. The van der Waals surface area contributed by atoms with Gasteiger partial charge >= 0.3 is 0 Å². The van der Waals surface area contributed by atoms with Gasteiger partial charge in [-0.15, -0.1) is 0 Å². The van der Waals surface area contributed by atoms with Crippen molar-refractivity contribution in [2.24, 2.45) is 10.9 Å². The van der Waals surface area contributed by atoms with Gasteiger partial charge in [-0.2, -0.15) is 0 Å². The number of carbonyl (C=O) groups is 1. The van der Waals surface area contributed by atoms with E-state index in [1.165, 1.54) is 25.3 Å². The molecule has 1 amide bonds. The van der Waals surface area contributed by atoms with Crippen molar-refractivity contribution in [1.82, 2.24) is 0 Å². The summed E-state index contributed by atoms with van der Waals surface area (Å²) in [7, 11) is -2.35. The normalized spacial score (nSPS) is 13.1. The average molecular weight is 352 g/mol. The lowest BCUT2D eigenvalue weighted by Crippen LogP contribution is -2.39. The fourth-order valence-corrected chi connectivity index (χ4v) is 2.42. The first-order valence-electron chi connectivity index (χ1n) is 5.13. The summed E-state index contributed by atoms with van der Waals surface area (Å²) in [6.45, 7) is 0.0821. The third-order valence-electron chi connectivity index (χ3n) is 2.21. The van der Waals surface area contributed by atoms with Crippen molar-refractivity contribution in [3.8, 4) is 0 Å². The third kappa shape index (κ3) is 4.55. The number of methoxy groups -OCH3 is 1. The van der Waals surface area contributed by atoms with E-state index in [-0.39, 0.29) is 11.5 Å². The van der Waals surface area contributed by atoms with Crippen LogP contribution in [0.25, 0.3) is 0 Å². The van der Waals surface area contributed by atoms with Gasteiger partial charge in [0, 0.05) is 11.6 Å². The second-order valence-electron chi connectivity index (χ2n) is 3.74. The van der Waals surface area contributed by atoms with Crippen LogP contribution in [0.4, 0.5) is 5.69 Å². The Hall–Kier alpha value is -1.00. The molecular weight excluding hydrogens is 338 g/mol. The van der Waals surface area contributed by atoms with Crippen molar-refractivity contribution >= 4 is 37.5 Å². The van der Waals surface area contributed by atoms with Crippen LogP contribution >= 0.6 is 15.9 Å². The first kappa shape index (κ1) is 16.1. The predicted molar refractivity (Wildman–Crippen MR) is 74.0 cm³/mol. The van der Waals surface area contributed by atoms with Crippen molar-refractivity contribution in [2.45, 2.75) is 10.9 Å². The number of ether oxygens (including phenoxy) is 1. The van der Waals surface area contributed by atoms with Crippen LogP contribution in [0.1, 0.15) is 0 Å². The number of hydrogen-bond acceptors (Lipinski definition) is 5. The summed E-state index contributed by atoms with van der Waals surface area (Å²) < 4.78 is 27.4. The monoisotopic (exact) mass is 351 g/mol. The summed E-state index contributed by atoms with van der Waals surface area (Å²) in [4.78, 5) is 11.6. The maximum atomic E-state index is 11.7. The molecule has 0 aliphatic heterocycles. The number of sulfonamides is 1. The third-order valence-corrected chi connectivity index (χ3v) is 3.78. The molecule has 7 nitrogen and oxygen atoms in total. The van der Waals surface area contributed by atoms with Gasteiger partial charge < -0.3 is 15.8 Å². The zero-order chi connectivity index (χ0) is 14.6. The van der Waals surface area contributed by atoms with E-state index in [2.05, 4.69) is 21.2 Å². The number of hydrogen-bond donors (Lipinski definition) is 3. The van der Waals surface area contributed by atoms with E-state index < -0.39 is 22.0 Å². The number of halogens is 1. The van der Waals surface area contributed by atoms with Crippen LogP contribution < -0.4 is 16.2 Å². The van der Waals surface area contributed by atoms with E-state index in [1.54, 1.807) is 0 Å². The van der Waals surface area contributed by atoms with Gasteiger partial charge in [0.25, 0.3) is 0 Å². The number of primary sulfonamides is 1. The first-order chi connectivity index (χ1) is 8.75. The summed E-state index contributed by atoms with van der Waals surface area (Å²) in [6, 6.07) is 3.20. The zero-order valence-corrected chi connectivity index (χ0v) is 12.5. The van der Waals surface area contributed by atoms with E-state index in [0.717, 1.165) is 0 Å². The average Bonchev–Trinajstić information content (AvgIpc) is 2.30. The maximum absolute atomic E-state index is 11.7. The van der Waals surface area contributed by atoms with Gasteiger partial charge in [0.05, 0.1) is 17.2 Å². The quantitative estimate of drug-likeness (QED) is 0.688. The second-order valence-corrected chi connectivity index (χ2v) is 6.15. The van der Waals surface area contributed by atoms with Crippen LogP contribution in [-0.2, 0) is 19.6 Å². The molecule has 0 heterocycles. The first-order valence-corrected chi connectivity index (χ1v) is 7.47. The molecule has 1 atom stereocenters. The summed E-state index contributed by atoms with van der Waals surface area (Å²) in [5.74, 6) is -0.439. The number of rotatable bonds is 5. The molecule has 1 rings (SSSR count). The minimum Gasteiger partial charge on any atom is -0.383 e. The Morgan fingerprint density at radius 2 is 2.16 bits per heavy atom. The molecule has 5 N–H and O–H groups in total. The minimum atomic E-state index is -3.78. The smallest absolute Gasteiger partial charge is 0.243 e. The number of nitrogens with two attached hydrogens (primary N) is 2. The fraction of sp³-hybridized carbons (Fsp3) is 0.300. The summed E-state index contributed by atoms with van der Waals surface area (Å²) in [5.41, 5.74) is 5.95. The van der Waals surface area contributed by atoms with Gasteiger partial charge in [-0.3, -0.25) is 4.79 Å². The van der Waals surface area contributed by atoms with Crippen LogP contribution in [0.3, 0.4) is 0 Å². The predicted octanol–water partition coefficient (Wildman–Crippen LogP) is 0.00870. The van der Waals surface area contributed by atoms with Gasteiger partial charge in [-0.25, -0.2) is 13.6 Å². The molecule has 0 aromatic heterocycles. The molecule has 9 heteroatoms. The van der Waals surface area contributed by atoms with Gasteiger partial charge in [-0.1, -0.05) is 0 Å². The van der Waals surface area contributed by atoms with E-state index in [1.807, 2.05) is 0 Å². The molecule has 0 fully saturated rings. The molecule has 0 saturated carbocycles. The number of amides is 1. The number of benzene rings is 1. The molecule has 0 radical (unpaired) electrons. The standard InChI is InChI=1S/C10H14BrN3O4S/c1-18-5-8(12)10(15)14-9-3-2-6(4-7(9)11)19(13,16)17/h2-4,8H,5,12H2,1H3,(H,14,15)(H2,13,16,17). The molecule has 19 heavy (non-hydrogen) atoms. The lowest BCUT2D eigenvalue weighted by atomic mass is 10.2. The molecule has 0 aliphatic carbocycles. The number of anilines is 1. The Balaban J connectivity index is 2.90. The number of carbonyl (C=O) groups excluding carboxylic acids is 1. The van der Waals surface area contributed by atoms with Crippen molar-refractivity contribution < 1.29 is 17.9 Å². The van der Waals surface area contributed by atoms with Crippen LogP contribution in [0.5, 0.6) is 0 Å². The molecule has 0 bridgehead atoms. The molecule has 1 unspecified atom stereocenters. The van der Waals surface area contributed by atoms with Crippen molar-refractivity contribution in [3.05, 3.63) is 22.7 Å². The lowest BCUT2D eigenvalue weighted by molar-refractivity contribution is -0.118. The second kappa shape index (κ2) is 6.44. The van der Waals surface area contributed by atoms with E-state index in [9.17, 15) is 13.2 Å². The Morgan fingerprint density at radius 3 is 2.63 bits per heavy atom. The van der Waals surface area contributed by atoms with E-state index in [4.69, 9.17) is 15.6 Å². The van der Waals surface area contributed by atoms with Crippen LogP contribution in [0.2, 0.25) is 0 Å². The molecule has 0 aliphatic rings. The van der Waals surface area contributed by atoms with Crippen molar-refractivity contribution in [3.63, 3.8) is 0 Å². The van der Waals surface area contributed by atoms with E-state index in [0.29, 0.717) is 10.2 Å². The van der Waals surface area contributed by atoms with Gasteiger partial charge in [0.15, 0.2) is 0 Å². The molecule has 1 aromatic carbocycles. The topological polar surface area (TPSA) is 125 Å². The zero-order valence-electron chi connectivity index (χ0n) is 10.1. The Morgan fingerprint density at radius 1 is 1.53 bits per heavy atom. The molecule has 106 valence electrons. The fourth-order valence-electron chi connectivity index (χ4n) is 1.25. The largest absolute Gasteiger partial charge is 0.383 e. The molecule has 0 spiro atoms. The Labute approximate surface area is 119 Å². The lowest BCUT2D eigenvalue weighted by Gasteiger charge is -2.12. The van der Waals surface area contributed by atoms with Crippen molar-refractivity contribution in [2.75, 3.05) is 19.0 Å². The van der Waals surface area contributed by atoms with Gasteiger partial charge in [0.1, 0.15) is 6.04 Å².